The van der Waals surface area contributed by atoms with Crippen molar-refractivity contribution >= 4 is 23.6 Å². The number of aliphatic carboxylic acids is 1. The van der Waals surface area contributed by atoms with Crippen LogP contribution in [0, 0.1) is 5.92 Å². The number of nitrogens with one attached hydrogen (secondary N) is 2. The monoisotopic (exact) mass is 617 g/mol. The molecule has 0 spiro atoms. The average molecular weight is 618 g/mol. The Bertz CT molecular complexity index is 1460. The Hall–Kier alpha value is -4.72. The number of para-hydroxylation sites is 1. The summed E-state index contributed by atoms with van der Waals surface area (Å²) in [5.74, 6) is -4.56. The lowest BCUT2D eigenvalue weighted by molar-refractivity contribution is -0.142. The van der Waals surface area contributed by atoms with E-state index in [0.717, 1.165) is 10.2 Å². The van der Waals surface area contributed by atoms with E-state index in [-0.39, 0.29) is 5.69 Å². The summed E-state index contributed by atoms with van der Waals surface area (Å²) in [5.41, 5.74) is 0.236. The second kappa shape index (κ2) is 14.6. The molecule has 14 heteroatoms. The van der Waals surface area contributed by atoms with Crippen molar-refractivity contribution in [3.8, 4) is 11.6 Å². The number of nitrogens with zero attached hydrogens (tertiary/aromatic N) is 3. The van der Waals surface area contributed by atoms with Crippen molar-refractivity contribution < 1.29 is 42.2 Å². The van der Waals surface area contributed by atoms with Crippen LogP contribution in [-0.4, -0.2) is 76.1 Å². The molecule has 0 bridgehead atoms. The molecule has 236 valence electrons. The standard InChI is InChI=1S/C30H34F3N5O6/c1-18(2)27(35-28(42)20-12-10-19(11-13-20)16-37(3)4)29(43)34-22(14-26(40)41)23(39)17-44-25-15-24(30(31,32)33)36-38(25)21-8-6-5-7-9-21/h5-13,15,18,22,27H,14,16-17H2,1-4H3,(H,34,43)(H,35,42)(H,40,41)/t22-,27-/m0/s1. The predicted octanol–water partition coefficient (Wildman–Crippen LogP) is 3.31. The smallest absolute Gasteiger partial charge is 0.435 e. The zero-order valence-electron chi connectivity index (χ0n) is 24.6. The lowest BCUT2D eigenvalue weighted by Gasteiger charge is -2.24. The molecule has 0 unspecified atom stereocenters. The molecule has 2 aromatic carbocycles. The minimum Gasteiger partial charge on any atom is -0.481 e. The first kappa shape index (κ1) is 33.8. The van der Waals surface area contributed by atoms with E-state index in [1.165, 1.54) is 12.1 Å². The zero-order valence-corrected chi connectivity index (χ0v) is 24.6. The maximum absolute atomic E-state index is 13.4. The topological polar surface area (TPSA) is 143 Å². The van der Waals surface area contributed by atoms with E-state index in [0.29, 0.717) is 18.2 Å². The third kappa shape index (κ3) is 9.39. The molecule has 0 saturated heterocycles. The van der Waals surface area contributed by atoms with E-state index >= 15 is 0 Å². The highest BCUT2D eigenvalue weighted by Crippen LogP contribution is 2.32. The third-order valence-electron chi connectivity index (χ3n) is 6.36. The number of ether oxygens (including phenoxy) is 1. The molecule has 2 atom stereocenters. The van der Waals surface area contributed by atoms with Crippen LogP contribution in [0.4, 0.5) is 13.2 Å². The van der Waals surface area contributed by atoms with Gasteiger partial charge >= 0.3 is 12.1 Å². The summed E-state index contributed by atoms with van der Waals surface area (Å²) in [6, 6.07) is 12.4. The zero-order chi connectivity index (χ0) is 32.6. The molecule has 0 aliphatic carbocycles. The van der Waals surface area contributed by atoms with Crippen molar-refractivity contribution in [3.63, 3.8) is 0 Å². The molecule has 3 N–H and O–H groups in total. The van der Waals surface area contributed by atoms with Crippen LogP contribution in [0.3, 0.4) is 0 Å². The number of ketones is 1. The van der Waals surface area contributed by atoms with Gasteiger partial charge in [0.25, 0.3) is 5.91 Å². The van der Waals surface area contributed by atoms with Gasteiger partial charge in [0.1, 0.15) is 12.1 Å². The van der Waals surface area contributed by atoms with Gasteiger partial charge in [-0.05, 0) is 49.8 Å². The highest BCUT2D eigenvalue weighted by Gasteiger charge is 2.36. The van der Waals surface area contributed by atoms with Crippen LogP contribution in [0.1, 0.15) is 41.9 Å². The van der Waals surface area contributed by atoms with Gasteiger partial charge in [-0.3, -0.25) is 19.2 Å². The normalized spacial score (nSPS) is 12.9. The number of carboxylic acid groups (broad SMARTS) is 1. The molecule has 44 heavy (non-hydrogen) atoms. The number of carbonyl (C=O) groups excluding carboxylic acids is 3. The molecule has 0 aliphatic rings. The van der Waals surface area contributed by atoms with Crippen LogP contribution < -0.4 is 15.4 Å². The van der Waals surface area contributed by atoms with Gasteiger partial charge in [0.05, 0.1) is 12.1 Å². The van der Waals surface area contributed by atoms with Crippen molar-refractivity contribution in [2.75, 3.05) is 20.7 Å². The Kier molecular flexibility index (Phi) is 11.2. The molecule has 0 fully saturated rings. The second-order valence-electron chi connectivity index (χ2n) is 10.7. The van der Waals surface area contributed by atoms with Gasteiger partial charge < -0.3 is 25.4 Å². The van der Waals surface area contributed by atoms with Crippen LogP contribution in [0.15, 0.2) is 60.7 Å². The van der Waals surface area contributed by atoms with Gasteiger partial charge in [-0.15, -0.1) is 0 Å². The summed E-state index contributed by atoms with van der Waals surface area (Å²) < 4.78 is 46.3. The van der Waals surface area contributed by atoms with E-state index in [1.807, 2.05) is 19.0 Å². The van der Waals surface area contributed by atoms with Gasteiger partial charge in [0.15, 0.2) is 18.1 Å². The van der Waals surface area contributed by atoms with Gasteiger partial charge in [-0.2, -0.15) is 18.3 Å². The van der Waals surface area contributed by atoms with Gasteiger partial charge in [0, 0.05) is 18.2 Å². The van der Waals surface area contributed by atoms with Crippen LogP contribution in [0.5, 0.6) is 5.88 Å². The molecule has 0 saturated carbocycles. The lowest BCUT2D eigenvalue weighted by atomic mass is 10.0. The molecule has 1 aromatic heterocycles. The molecule has 1 heterocycles. The molecule has 0 radical (unpaired) electrons. The number of rotatable bonds is 14. The Labute approximate surface area is 252 Å². The fourth-order valence-electron chi connectivity index (χ4n) is 4.17. The minimum absolute atomic E-state index is 0.226. The number of carbonyl (C=O) groups is 4. The number of halogens is 3. The fourth-order valence-corrected chi connectivity index (χ4v) is 4.17. The lowest BCUT2D eigenvalue weighted by Crippen LogP contribution is -2.54. The van der Waals surface area contributed by atoms with Crippen molar-refractivity contribution in [2.24, 2.45) is 5.92 Å². The minimum atomic E-state index is -4.80. The van der Waals surface area contributed by atoms with Crippen LogP contribution >= 0.6 is 0 Å². The first-order chi connectivity index (χ1) is 20.6. The van der Waals surface area contributed by atoms with E-state index in [1.54, 1.807) is 56.3 Å². The van der Waals surface area contributed by atoms with Crippen LogP contribution in [-0.2, 0) is 27.1 Å². The number of amides is 2. The highest BCUT2D eigenvalue weighted by molar-refractivity contribution is 5.99. The number of Topliss-reactive ketones (excluding diaryl/α,β-unsaturated/α-hetero) is 1. The Morgan fingerprint density at radius 3 is 2.18 bits per heavy atom. The molecule has 2 amide bonds. The first-order valence-corrected chi connectivity index (χ1v) is 13.6. The summed E-state index contributed by atoms with van der Waals surface area (Å²) in [6.07, 6.45) is -5.63. The van der Waals surface area contributed by atoms with Crippen molar-refractivity contribution in [1.29, 1.82) is 0 Å². The maximum atomic E-state index is 13.4. The number of benzene rings is 2. The number of hydrogen-bond donors (Lipinski definition) is 3. The van der Waals surface area contributed by atoms with Crippen molar-refractivity contribution in [3.05, 3.63) is 77.5 Å². The Morgan fingerprint density at radius 2 is 1.64 bits per heavy atom. The summed E-state index contributed by atoms with van der Waals surface area (Å²) in [7, 11) is 3.81. The van der Waals surface area contributed by atoms with E-state index in [9.17, 15) is 37.5 Å². The number of hydrogen-bond acceptors (Lipinski definition) is 7. The van der Waals surface area contributed by atoms with Gasteiger partial charge in [-0.1, -0.05) is 44.2 Å². The highest BCUT2D eigenvalue weighted by atomic mass is 19.4. The fraction of sp³-hybridized carbons (Fsp3) is 0.367. The average Bonchev–Trinajstić information content (AvgIpc) is 3.39. The van der Waals surface area contributed by atoms with Crippen LogP contribution in [0.2, 0.25) is 0 Å². The quantitative estimate of drug-likeness (QED) is 0.250. The second-order valence-corrected chi connectivity index (χ2v) is 10.7. The number of alkyl halides is 3. The van der Waals surface area contributed by atoms with E-state index < -0.39 is 72.3 Å². The van der Waals surface area contributed by atoms with E-state index in [2.05, 4.69) is 15.7 Å². The summed E-state index contributed by atoms with van der Waals surface area (Å²) >= 11 is 0. The first-order valence-electron chi connectivity index (χ1n) is 13.6. The number of carboxylic acids is 1. The van der Waals surface area contributed by atoms with Gasteiger partial charge in [0.2, 0.25) is 11.8 Å². The molecule has 3 rings (SSSR count). The molecule has 11 nitrogen and oxygen atoms in total. The molecular formula is C30H34F3N5O6. The number of aromatic nitrogens is 2. The Balaban J connectivity index is 1.74. The van der Waals surface area contributed by atoms with E-state index in [4.69, 9.17) is 4.74 Å². The largest absolute Gasteiger partial charge is 0.481 e. The summed E-state index contributed by atoms with van der Waals surface area (Å²) in [4.78, 5) is 52.6. The summed E-state index contributed by atoms with van der Waals surface area (Å²) in [6.45, 7) is 3.11. The molecular weight excluding hydrogens is 583 g/mol. The van der Waals surface area contributed by atoms with Gasteiger partial charge in [-0.25, -0.2) is 4.68 Å². The Morgan fingerprint density at radius 1 is 1.00 bits per heavy atom. The van der Waals surface area contributed by atoms with Crippen molar-refractivity contribution in [1.82, 2.24) is 25.3 Å². The third-order valence-corrected chi connectivity index (χ3v) is 6.36. The maximum Gasteiger partial charge on any atom is 0.435 e. The van der Waals surface area contributed by atoms with Crippen molar-refractivity contribution in [2.45, 2.75) is 45.1 Å². The molecule has 3 aromatic rings. The summed E-state index contributed by atoms with van der Waals surface area (Å²) in [5, 5.41) is 17.9. The SMILES string of the molecule is CC(C)[C@H](NC(=O)c1ccc(CN(C)C)cc1)C(=O)N[C@@H](CC(=O)O)C(=O)COc1cc(C(F)(F)F)nn1-c1ccccc1. The van der Waals surface area contributed by atoms with Crippen LogP contribution in [0.25, 0.3) is 5.69 Å². The predicted molar refractivity (Wildman–Crippen MR) is 153 cm³/mol. The molecule has 0 aliphatic heterocycles.